The summed E-state index contributed by atoms with van der Waals surface area (Å²) in [7, 11) is 0. The van der Waals surface area contributed by atoms with Crippen molar-refractivity contribution in [2.24, 2.45) is 5.92 Å². The summed E-state index contributed by atoms with van der Waals surface area (Å²) in [6.07, 6.45) is 1.02. The molecule has 0 spiro atoms. The Bertz CT molecular complexity index is 1260. The number of amides is 2. The van der Waals surface area contributed by atoms with Crippen LogP contribution in [0.2, 0.25) is 0 Å². The third-order valence-corrected chi connectivity index (χ3v) is 7.33. The highest BCUT2D eigenvalue weighted by atomic mass is 19.1. The number of nitriles is 1. The van der Waals surface area contributed by atoms with Crippen molar-refractivity contribution in [2.45, 2.75) is 50.9 Å². The van der Waals surface area contributed by atoms with Crippen molar-refractivity contribution in [2.75, 3.05) is 32.8 Å². The lowest BCUT2D eigenvalue weighted by atomic mass is 9.96. The molecular weight excluding hydrogens is 506 g/mol. The van der Waals surface area contributed by atoms with Crippen LogP contribution >= 0.6 is 0 Å². The highest BCUT2D eigenvalue weighted by Crippen LogP contribution is 2.30. The van der Waals surface area contributed by atoms with E-state index < -0.39 is 35.4 Å². The number of aliphatic hydroxyl groups excluding tert-OH is 1. The van der Waals surface area contributed by atoms with Crippen LogP contribution in [-0.4, -0.2) is 77.3 Å². The van der Waals surface area contributed by atoms with Gasteiger partial charge in [-0.15, -0.1) is 0 Å². The van der Waals surface area contributed by atoms with Gasteiger partial charge in [-0.2, -0.15) is 5.26 Å². The van der Waals surface area contributed by atoms with Crippen molar-refractivity contribution in [1.82, 2.24) is 9.80 Å². The predicted octanol–water partition coefficient (Wildman–Crippen LogP) is 2.55. The Hall–Kier alpha value is -3.39. The van der Waals surface area contributed by atoms with Crippen LogP contribution < -0.4 is 10.5 Å². The second-order valence-corrected chi connectivity index (χ2v) is 11.1. The number of aliphatic hydroxyl groups is 1. The fraction of sp³-hybridized carbons (Fsp3) is 0.483. The Morgan fingerprint density at radius 1 is 1.21 bits per heavy atom. The van der Waals surface area contributed by atoms with Gasteiger partial charge in [-0.3, -0.25) is 10.5 Å². The number of alkyl halides is 1. The summed E-state index contributed by atoms with van der Waals surface area (Å²) in [6, 6.07) is 10.3. The third-order valence-electron chi connectivity index (χ3n) is 7.33. The number of hydrogen-bond donors (Lipinski definition) is 2. The van der Waals surface area contributed by atoms with Gasteiger partial charge in [0.1, 0.15) is 23.3 Å². The number of hydrogen-bond acceptors (Lipinski definition) is 6. The van der Waals surface area contributed by atoms with E-state index >= 15 is 4.39 Å². The molecule has 2 fully saturated rings. The van der Waals surface area contributed by atoms with E-state index in [1.54, 1.807) is 38.1 Å². The standard InChI is InChI=1S/C29H34F2N4O4/c1-29(2,31)17-34-9-7-18(8-10-34)16-39-22-4-6-23(20(11-22)14-32)19-3-5-24(25(30)12-19)28(38)35-15-21(36)13-26(35)27(33)37/h3-6,11-12,18,21,26,36H,7-10,13,15-17H2,1-2H3,(H2,33,37)/p+1. The largest absolute Gasteiger partial charge is 0.493 e. The first-order chi connectivity index (χ1) is 18.4. The Morgan fingerprint density at radius 3 is 2.54 bits per heavy atom. The number of β-amino-alcohol motifs (C(OH)–C–C–N with tert-alkyl or cyclic N) is 1. The van der Waals surface area contributed by atoms with Gasteiger partial charge in [-0.05, 0) is 87.2 Å². The SMILES string of the molecule is CC(C)(F)CN1CCC(COc2ccc(-c3ccc(C(=O)N4CC(O)CC4C([NH3+])=O)c(F)c3)c(C#N)c2)CC1. The molecular formula is C29H35F2N4O4+. The molecule has 0 aliphatic carbocycles. The Balaban J connectivity index is 1.42. The van der Waals surface area contributed by atoms with E-state index in [2.05, 4.69) is 16.7 Å². The number of benzene rings is 2. The number of halogens is 2. The zero-order chi connectivity index (χ0) is 28.3. The highest BCUT2D eigenvalue weighted by Gasteiger charge is 2.40. The molecule has 0 bridgehead atoms. The Morgan fingerprint density at radius 2 is 1.92 bits per heavy atom. The maximum Gasteiger partial charge on any atom is 0.331 e. The van der Waals surface area contributed by atoms with Crippen LogP contribution in [0, 0.1) is 23.1 Å². The predicted molar refractivity (Wildman–Crippen MR) is 140 cm³/mol. The van der Waals surface area contributed by atoms with Crippen LogP contribution in [0.4, 0.5) is 8.78 Å². The van der Waals surface area contributed by atoms with E-state index in [4.69, 9.17) is 4.74 Å². The van der Waals surface area contributed by atoms with Crippen molar-refractivity contribution in [1.29, 1.82) is 5.26 Å². The molecule has 2 aromatic rings. The number of ether oxygens (including phenoxy) is 1. The van der Waals surface area contributed by atoms with Gasteiger partial charge in [0.15, 0.2) is 0 Å². The van der Waals surface area contributed by atoms with Gasteiger partial charge >= 0.3 is 5.91 Å². The minimum absolute atomic E-state index is 0.0685. The third kappa shape index (κ3) is 6.98. The second-order valence-electron chi connectivity index (χ2n) is 11.1. The molecule has 4 rings (SSSR count). The molecule has 2 aliphatic heterocycles. The van der Waals surface area contributed by atoms with Crippen LogP contribution in [0.5, 0.6) is 5.75 Å². The van der Waals surface area contributed by atoms with Gasteiger partial charge < -0.3 is 19.6 Å². The lowest BCUT2D eigenvalue weighted by molar-refractivity contribution is -0.310. The highest BCUT2D eigenvalue weighted by molar-refractivity contribution is 5.97. The van der Waals surface area contributed by atoms with E-state index in [1.807, 2.05) is 0 Å². The summed E-state index contributed by atoms with van der Waals surface area (Å²) in [5.41, 5.74) is 3.12. The first kappa shape index (κ1) is 28.6. The first-order valence-corrected chi connectivity index (χ1v) is 13.2. The lowest BCUT2D eigenvalue weighted by Crippen LogP contribution is -2.65. The molecule has 10 heteroatoms. The van der Waals surface area contributed by atoms with E-state index in [0.29, 0.717) is 41.5 Å². The average molecular weight is 542 g/mol. The molecule has 0 saturated carbocycles. The molecule has 2 unspecified atom stereocenters. The van der Waals surface area contributed by atoms with E-state index in [1.165, 1.54) is 12.1 Å². The van der Waals surface area contributed by atoms with Crippen LogP contribution in [0.3, 0.4) is 0 Å². The van der Waals surface area contributed by atoms with Crippen molar-refractivity contribution in [3.8, 4) is 22.9 Å². The van der Waals surface area contributed by atoms with Gasteiger partial charge in [0.25, 0.3) is 5.91 Å². The summed E-state index contributed by atoms with van der Waals surface area (Å²) in [6.45, 7) is 5.65. The minimum Gasteiger partial charge on any atom is -0.493 e. The van der Waals surface area contributed by atoms with Crippen molar-refractivity contribution < 1.29 is 33.9 Å². The molecule has 2 atom stereocenters. The number of nitrogens with zero attached hydrogens (tertiary/aromatic N) is 3. The number of piperidine rings is 1. The summed E-state index contributed by atoms with van der Waals surface area (Å²) in [4.78, 5) is 28.0. The fourth-order valence-corrected chi connectivity index (χ4v) is 5.37. The molecule has 39 heavy (non-hydrogen) atoms. The fourth-order valence-electron chi connectivity index (χ4n) is 5.37. The topological polar surface area (TPSA) is 122 Å². The summed E-state index contributed by atoms with van der Waals surface area (Å²) < 4.78 is 35.0. The maximum absolute atomic E-state index is 15.1. The molecule has 2 aliphatic rings. The van der Waals surface area contributed by atoms with Gasteiger partial charge in [-0.1, -0.05) is 6.07 Å². The molecule has 2 aromatic carbocycles. The second kappa shape index (κ2) is 11.8. The molecule has 0 radical (unpaired) electrons. The minimum atomic E-state index is -1.22. The summed E-state index contributed by atoms with van der Waals surface area (Å²) >= 11 is 0. The molecule has 2 heterocycles. The normalized spacial score (nSPS) is 20.6. The number of carbonyl (C=O) groups is 2. The first-order valence-electron chi connectivity index (χ1n) is 13.2. The molecule has 2 amide bonds. The van der Waals surface area contributed by atoms with E-state index in [9.17, 15) is 24.3 Å². The molecule has 8 nitrogen and oxygen atoms in total. The molecule has 4 N–H and O–H groups in total. The van der Waals surface area contributed by atoms with Crippen LogP contribution in [0.1, 0.15) is 49.0 Å². The van der Waals surface area contributed by atoms with E-state index in [0.717, 1.165) is 30.8 Å². The smallest absolute Gasteiger partial charge is 0.331 e. The van der Waals surface area contributed by atoms with Crippen molar-refractivity contribution >= 4 is 11.8 Å². The lowest BCUT2D eigenvalue weighted by Gasteiger charge is -2.34. The van der Waals surface area contributed by atoms with E-state index in [-0.39, 0.29) is 18.5 Å². The van der Waals surface area contributed by atoms with Crippen LogP contribution in [0.15, 0.2) is 36.4 Å². The van der Waals surface area contributed by atoms with Gasteiger partial charge in [0, 0.05) is 19.5 Å². The molecule has 2 saturated heterocycles. The number of rotatable bonds is 8. The van der Waals surface area contributed by atoms with Gasteiger partial charge in [-0.25, -0.2) is 13.6 Å². The Labute approximate surface area is 226 Å². The maximum atomic E-state index is 15.1. The summed E-state index contributed by atoms with van der Waals surface area (Å²) in [5, 5.41) is 19.6. The number of likely N-dealkylation sites (tertiary alicyclic amines) is 2. The summed E-state index contributed by atoms with van der Waals surface area (Å²) in [5.74, 6) is -1.12. The van der Waals surface area contributed by atoms with Gasteiger partial charge in [0.05, 0.1) is 29.9 Å². The monoisotopic (exact) mass is 541 g/mol. The van der Waals surface area contributed by atoms with Crippen molar-refractivity contribution in [3.05, 3.63) is 53.3 Å². The van der Waals surface area contributed by atoms with Crippen molar-refractivity contribution in [3.63, 3.8) is 0 Å². The molecule has 0 aromatic heterocycles. The molecule has 208 valence electrons. The van der Waals surface area contributed by atoms with Crippen LogP contribution in [0.25, 0.3) is 11.1 Å². The number of quaternary nitrogens is 1. The Kier molecular flexibility index (Phi) is 8.64. The van der Waals surface area contributed by atoms with Crippen LogP contribution in [-0.2, 0) is 4.79 Å². The zero-order valence-corrected chi connectivity index (χ0v) is 22.3. The van der Waals surface area contributed by atoms with Gasteiger partial charge in [0.2, 0.25) is 0 Å². The number of carbonyl (C=O) groups excluding carboxylic acids is 2. The quantitative estimate of drug-likeness (QED) is 0.530. The average Bonchev–Trinajstić information content (AvgIpc) is 3.29. The zero-order valence-electron chi connectivity index (χ0n) is 22.3.